The first-order valence-electron chi connectivity index (χ1n) is 5.19. The molecule has 0 aliphatic heterocycles. The number of aryl methyl sites for hydroxylation is 1. The zero-order valence-corrected chi connectivity index (χ0v) is 10.7. The van der Waals surface area contributed by atoms with Crippen LogP contribution in [0, 0.1) is 6.92 Å². The Hall–Kier alpha value is -1.28. The van der Waals surface area contributed by atoms with Crippen LogP contribution < -0.4 is 4.74 Å². The minimum absolute atomic E-state index is 0.595. The van der Waals surface area contributed by atoms with Gasteiger partial charge in [-0.1, -0.05) is 46.3 Å². The number of hydrogen-bond acceptors (Lipinski definition) is 1. The fraction of sp³-hybridized carbons (Fsp3) is 0.143. The fourth-order valence-electron chi connectivity index (χ4n) is 1.52. The van der Waals surface area contributed by atoms with E-state index >= 15 is 0 Å². The van der Waals surface area contributed by atoms with E-state index in [4.69, 9.17) is 4.74 Å². The lowest BCUT2D eigenvalue weighted by molar-refractivity contribution is 0.304. The van der Waals surface area contributed by atoms with Gasteiger partial charge in [0.2, 0.25) is 0 Å². The standard InChI is InChI=1S/C14H13BrO/c1-11-6-5-9-14(15)13(11)10-16-12-7-3-2-4-8-12/h2-9H,10H2,1H3. The molecule has 2 aromatic rings. The highest BCUT2D eigenvalue weighted by Crippen LogP contribution is 2.22. The highest BCUT2D eigenvalue weighted by Gasteiger charge is 2.03. The van der Waals surface area contributed by atoms with E-state index in [9.17, 15) is 0 Å². The van der Waals surface area contributed by atoms with E-state index in [1.165, 1.54) is 11.1 Å². The highest BCUT2D eigenvalue weighted by atomic mass is 79.9. The molecule has 2 heteroatoms. The van der Waals surface area contributed by atoms with E-state index in [-0.39, 0.29) is 0 Å². The highest BCUT2D eigenvalue weighted by molar-refractivity contribution is 9.10. The third kappa shape index (κ3) is 2.64. The van der Waals surface area contributed by atoms with Crippen molar-refractivity contribution in [3.8, 4) is 5.75 Å². The van der Waals surface area contributed by atoms with Crippen molar-refractivity contribution in [2.24, 2.45) is 0 Å². The molecule has 0 aromatic heterocycles. The molecule has 16 heavy (non-hydrogen) atoms. The molecular formula is C14H13BrO. The number of rotatable bonds is 3. The molecule has 1 nitrogen and oxygen atoms in total. The van der Waals surface area contributed by atoms with Gasteiger partial charge in [-0.15, -0.1) is 0 Å². The van der Waals surface area contributed by atoms with Gasteiger partial charge in [0, 0.05) is 10.0 Å². The van der Waals surface area contributed by atoms with Crippen molar-refractivity contribution in [3.63, 3.8) is 0 Å². The molecule has 0 radical (unpaired) electrons. The maximum atomic E-state index is 5.72. The molecule has 0 aliphatic rings. The molecule has 0 saturated heterocycles. The molecule has 0 saturated carbocycles. The minimum atomic E-state index is 0.595. The van der Waals surface area contributed by atoms with Crippen molar-refractivity contribution in [2.45, 2.75) is 13.5 Å². The molecule has 0 atom stereocenters. The van der Waals surface area contributed by atoms with Crippen molar-refractivity contribution >= 4 is 15.9 Å². The molecule has 0 aliphatic carbocycles. The van der Waals surface area contributed by atoms with Gasteiger partial charge in [-0.25, -0.2) is 0 Å². The van der Waals surface area contributed by atoms with Gasteiger partial charge in [-0.3, -0.25) is 0 Å². The second kappa shape index (κ2) is 5.17. The van der Waals surface area contributed by atoms with Gasteiger partial charge < -0.3 is 4.74 Å². The first-order valence-corrected chi connectivity index (χ1v) is 5.98. The molecule has 82 valence electrons. The Labute approximate surface area is 104 Å². The maximum Gasteiger partial charge on any atom is 0.119 e. The Bertz CT molecular complexity index is 445. The van der Waals surface area contributed by atoms with Crippen LogP contribution in [0.3, 0.4) is 0 Å². The van der Waals surface area contributed by atoms with Crippen molar-refractivity contribution < 1.29 is 4.74 Å². The first kappa shape index (κ1) is 11.2. The summed E-state index contributed by atoms with van der Waals surface area (Å²) in [6.45, 7) is 2.69. The third-order valence-corrected chi connectivity index (χ3v) is 3.22. The summed E-state index contributed by atoms with van der Waals surface area (Å²) < 4.78 is 6.82. The monoisotopic (exact) mass is 276 g/mol. The molecule has 0 amide bonds. The molecule has 2 rings (SSSR count). The minimum Gasteiger partial charge on any atom is -0.489 e. The van der Waals surface area contributed by atoms with Crippen LogP contribution in [0.15, 0.2) is 53.0 Å². The van der Waals surface area contributed by atoms with Crippen LogP contribution in [-0.2, 0) is 6.61 Å². The number of halogens is 1. The third-order valence-electron chi connectivity index (χ3n) is 2.48. The van der Waals surface area contributed by atoms with Gasteiger partial charge in [-0.05, 0) is 30.7 Å². The summed E-state index contributed by atoms with van der Waals surface area (Å²) in [5.41, 5.74) is 2.44. The van der Waals surface area contributed by atoms with E-state index < -0.39 is 0 Å². The van der Waals surface area contributed by atoms with Crippen LogP contribution in [0.25, 0.3) is 0 Å². The van der Waals surface area contributed by atoms with E-state index in [0.717, 1.165) is 10.2 Å². The van der Waals surface area contributed by atoms with Crippen molar-refractivity contribution in [1.29, 1.82) is 0 Å². The quantitative estimate of drug-likeness (QED) is 0.811. The average Bonchev–Trinajstić information content (AvgIpc) is 2.30. The molecule has 0 bridgehead atoms. The number of ether oxygens (including phenoxy) is 1. The zero-order chi connectivity index (χ0) is 11.4. The largest absolute Gasteiger partial charge is 0.489 e. The first-order chi connectivity index (χ1) is 7.77. The van der Waals surface area contributed by atoms with Gasteiger partial charge in [0.15, 0.2) is 0 Å². The van der Waals surface area contributed by atoms with Crippen molar-refractivity contribution in [2.75, 3.05) is 0 Å². The SMILES string of the molecule is Cc1cccc(Br)c1COc1ccccc1. The van der Waals surface area contributed by atoms with Gasteiger partial charge in [0.25, 0.3) is 0 Å². The fourth-order valence-corrected chi connectivity index (χ4v) is 2.10. The van der Waals surface area contributed by atoms with Crippen molar-refractivity contribution in [3.05, 3.63) is 64.1 Å². The molecule has 0 heterocycles. The van der Waals surface area contributed by atoms with Crippen LogP contribution >= 0.6 is 15.9 Å². The van der Waals surface area contributed by atoms with Gasteiger partial charge in [-0.2, -0.15) is 0 Å². The van der Waals surface area contributed by atoms with Gasteiger partial charge in [0.05, 0.1) is 0 Å². The van der Waals surface area contributed by atoms with E-state index in [1.807, 2.05) is 42.5 Å². The predicted octanol–water partition coefficient (Wildman–Crippen LogP) is 4.34. The molecule has 0 unspecified atom stereocenters. The maximum absolute atomic E-state index is 5.72. The molecule has 0 spiro atoms. The zero-order valence-electron chi connectivity index (χ0n) is 9.11. The Kier molecular flexibility index (Phi) is 3.62. The molecule has 0 N–H and O–H groups in total. The lowest BCUT2D eigenvalue weighted by Crippen LogP contribution is -1.98. The Balaban J connectivity index is 2.11. The molecular weight excluding hydrogens is 264 g/mol. The van der Waals surface area contributed by atoms with Crippen molar-refractivity contribution in [1.82, 2.24) is 0 Å². The topological polar surface area (TPSA) is 9.23 Å². The van der Waals surface area contributed by atoms with E-state index in [2.05, 4.69) is 28.9 Å². The van der Waals surface area contributed by atoms with E-state index in [0.29, 0.717) is 6.61 Å². The van der Waals surface area contributed by atoms with Gasteiger partial charge in [0.1, 0.15) is 12.4 Å². The number of benzene rings is 2. The summed E-state index contributed by atoms with van der Waals surface area (Å²) in [5.74, 6) is 0.901. The summed E-state index contributed by atoms with van der Waals surface area (Å²) >= 11 is 3.54. The van der Waals surface area contributed by atoms with Gasteiger partial charge >= 0.3 is 0 Å². The smallest absolute Gasteiger partial charge is 0.119 e. The summed E-state index contributed by atoms with van der Waals surface area (Å²) in [6, 6.07) is 16.0. The Morgan fingerprint density at radius 3 is 2.44 bits per heavy atom. The van der Waals surface area contributed by atoms with Crippen LogP contribution in [-0.4, -0.2) is 0 Å². The van der Waals surface area contributed by atoms with E-state index in [1.54, 1.807) is 0 Å². The second-order valence-electron chi connectivity index (χ2n) is 3.64. The second-order valence-corrected chi connectivity index (χ2v) is 4.49. The summed E-state index contributed by atoms with van der Waals surface area (Å²) in [7, 11) is 0. The Morgan fingerprint density at radius 1 is 1.00 bits per heavy atom. The number of para-hydroxylation sites is 1. The summed E-state index contributed by atoms with van der Waals surface area (Å²) in [5, 5.41) is 0. The van der Waals surface area contributed by atoms with Crippen LogP contribution in [0.2, 0.25) is 0 Å². The lowest BCUT2D eigenvalue weighted by Gasteiger charge is -2.10. The Morgan fingerprint density at radius 2 is 1.75 bits per heavy atom. The molecule has 0 fully saturated rings. The lowest BCUT2D eigenvalue weighted by atomic mass is 10.1. The molecule has 2 aromatic carbocycles. The van der Waals surface area contributed by atoms with Crippen LogP contribution in [0.5, 0.6) is 5.75 Å². The summed E-state index contributed by atoms with van der Waals surface area (Å²) in [4.78, 5) is 0. The number of hydrogen-bond donors (Lipinski definition) is 0. The van der Waals surface area contributed by atoms with Crippen LogP contribution in [0.1, 0.15) is 11.1 Å². The average molecular weight is 277 g/mol. The normalized spacial score (nSPS) is 10.1. The summed E-state index contributed by atoms with van der Waals surface area (Å²) in [6.07, 6.45) is 0. The predicted molar refractivity (Wildman–Crippen MR) is 69.7 cm³/mol. The van der Waals surface area contributed by atoms with Crippen LogP contribution in [0.4, 0.5) is 0 Å².